The van der Waals surface area contributed by atoms with Gasteiger partial charge in [-0.25, -0.2) is 9.59 Å². The summed E-state index contributed by atoms with van der Waals surface area (Å²) < 4.78 is 9.24. The van der Waals surface area contributed by atoms with Crippen molar-refractivity contribution in [3.05, 3.63) is 57.6 Å². The van der Waals surface area contributed by atoms with E-state index in [0.717, 1.165) is 7.11 Å². The van der Waals surface area contributed by atoms with E-state index in [0.29, 0.717) is 0 Å². The number of halogens is 2. The predicted octanol–water partition coefficient (Wildman–Crippen LogP) is 3.14. The van der Waals surface area contributed by atoms with Gasteiger partial charge in [0.25, 0.3) is 0 Å². The molecule has 0 aromatic heterocycles. The van der Waals surface area contributed by atoms with Crippen molar-refractivity contribution in [2.45, 2.75) is 0 Å². The van der Waals surface area contributed by atoms with E-state index in [1.165, 1.54) is 43.5 Å². The molecule has 0 unspecified atom stereocenters. The highest BCUT2D eigenvalue weighted by atomic mass is 35.5. The van der Waals surface area contributed by atoms with E-state index in [9.17, 15) is 19.2 Å². The number of methoxy groups -OCH3 is 2. The molecule has 2 amide bonds. The first-order valence-corrected chi connectivity index (χ1v) is 8.40. The second-order valence-corrected chi connectivity index (χ2v) is 6.14. The Bertz CT molecular complexity index is 961. The third-order valence-electron chi connectivity index (χ3n) is 3.48. The second kappa shape index (κ2) is 9.20. The Labute approximate surface area is 169 Å². The van der Waals surface area contributed by atoms with E-state index >= 15 is 0 Å². The number of ether oxygens (including phenoxy) is 2. The molecule has 0 spiro atoms. The van der Waals surface area contributed by atoms with Crippen LogP contribution in [0.2, 0.25) is 10.0 Å². The average Bonchev–Trinajstić information content (AvgIpc) is 2.68. The fourth-order valence-electron chi connectivity index (χ4n) is 2.17. The molecule has 0 aliphatic rings. The SMILES string of the molecule is COC(=O)c1ccc(Cl)cc1NC(=O)C(=O)Nc1ccc(Cl)cc1C(=O)OC. The van der Waals surface area contributed by atoms with Gasteiger partial charge < -0.3 is 20.1 Å². The Hall–Kier alpha value is -3.10. The molecular weight excluding hydrogens is 411 g/mol. The van der Waals surface area contributed by atoms with Gasteiger partial charge >= 0.3 is 23.8 Å². The summed E-state index contributed by atoms with van der Waals surface area (Å²) in [5.74, 6) is -3.67. The average molecular weight is 425 g/mol. The van der Waals surface area contributed by atoms with E-state index in [1.807, 2.05) is 0 Å². The Morgan fingerprint density at radius 1 is 0.714 bits per heavy atom. The first-order chi connectivity index (χ1) is 13.3. The fraction of sp³-hybridized carbons (Fsp3) is 0.111. The molecule has 0 heterocycles. The van der Waals surface area contributed by atoms with Crippen molar-refractivity contribution in [3.63, 3.8) is 0 Å². The zero-order valence-corrected chi connectivity index (χ0v) is 16.2. The number of esters is 2. The first kappa shape index (κ1) is 21.2. The zero-order valence-electron chi connectivity index (χ0n) is 14.7. The van der Waals surface area contributed by atoms with Crippen LogP contribution >= 0.6 is 23.2 Å². The lowest BCUT2D eigenvalue weighted by atomic mass is 10.1. The highest BCUT2D eigenvalue weighted by molar-refractivity contribution is 6.44. The summed E-state index contributed by atoms with van der Waals surface area (Å²) in [6.07, 6.45) is 0. The van der Waals surface area contributed by atoms with Crippen LogP contribution in [0.3, 0.4) is 0 Å². The highest BCUT2D eigenvalue weighted by Gasteiger charge is 2.21. The van der Waals surface area contributed by atoms with Crippen molar-refractivity contribution < 1.29 is 28.7 Å². The van der Waals surface area contributed by atoms with Gasteiger partial charge in [0.15, 0.2) is 0 Å². The van der Waals surface area contributed by atoms with Gasteiger partial charge in [-0.05, 0) is 36.4 Å². The molecule has 0 fully saturated rings. The molecule has 0 bridgehead atoms. The topological polar surface area (TPSA) is 111 Å². The number of amides is 2. The summed E-state index contributed by atoms with van der Waals surface area (Å²) in [6, 6.07) is 8.12. The molecule has 146 valence electrons. The Morgan fingerprint density at radius 3 is 1.82 bits per heavy atom. The molecule has 0 aliphatic heterocycles. The van der Waals surface area contributed by atoms with Crippen molar-refractivity contribution in [1.82, 2.24) is 0 Å². The summed E-state index contributed by atoms with van der Waals surface area (Å²) in [5, 5.41) is 5.04. The molecule has 0 saturated heterocycles. The van der Waals surface area contributed by atoms with Crippen LogP contribution < -0.4 is 10.6 Å². The molecule has 0 atom stereocenters. The molecular formula is C18H14Cl2N2O6. The minimum atomic E-state index is -1.10. The largest absolute Gasteiger partial charge is 0.465 e. The number of carbonyl (C=O) groups is 4. The molecule has 0 saturated carbocycles. The minimum absolute atomic E-state index is 0.00907. The van der Waals surface area contributed by atoms with Crippen molar-refractivity contribution >= 4 is 58.3 Å². The summed E-state index contributed by atoms with van der Waals surface area (Å²) >= 11 is 11.7. The first-order valence-electron chi connectivity index (χ1n) is 7.65. The van der Waals surface area contributed by atoms with E-state index in [2.05, 4.69) is 20.1 Å². The Morgan fingerprint density at radius 2 is 1.21 bits per heavy atom. The summed E-state index contributed by atoms with van der Waals surface area (Å²) in [4.78, 5) is 48.1. The van der Waals surface area contributed by atoms with Gasteiger partial charge in [-0.1, -0.05) is 23.2 Å². The molecule has 2 aromatic carbocycles. The number of nitrogens with one attached hydrogen (secondary N) is 2. The van der Waals surface area contributed by atoms with Crippen LogP contribution in [0.15, 0.2) is 36.4 Å². The third kappa shape index (κ3) is 4.99. The standard InChI is InChI=1S/C18H14Cl2N2O6/c1-27-17(25)11-5-3-10(20)8-14(11)22-16(24)15(23)21-13-6-4-9(19)7-12(13)18(26)28-2/h3-8H,1-2H3,(H,21,23)(H,22,24). The second-order valence-electron chi connectivity index (χ2n) is 5.27. The van der Waals surface area contributed by atoms with Crippen LogP contribution in [0.4, 0.5) is 11.4 Å². The summed E-state index contributed by atoms with van der Waals surface area (Å²) in [6.45, 7) is 0. The normalized spacial score (nSPS) is 10.0. The fourth-order valence-corrected chi connectivity index (χ4v) is 2.51. The quantitative estimate of drug-likeness (QED) is 0.575. The maximum atomic E-state index is 12.2. The zero-order chi connectivity index (χ0) is 20.8. The monoisotopic (exact) mass is 424 g/mol. The predicted molar refractivity (Wildman–Crippen MR) is 103 cm³/mol. The molecule has 2 aromatic rings. The van der Waals surface area contributed by atoms with Crippen LogP contribution in [0.1, 0.15) is 20.7 Å². The maximum Gasteiger partial charge on any atom is 0.340 e. The molecule has 8 nitrogen and oxygen atoms in total. The maximum absolute atomic E-state index is 12.2. The van der Waals surface area contributed by atoms with E-state index < -0.39 is 23.8 Å². The third-order valence-corrected chi connectivity index (χ3v) is 3.95. The van der Waals surface area contributed by atoms with Crippen molar-refractivity contribution in [1.29, 1.82) is 0 Å². The minimum Gasteiger partial charge on any atom is -0.465 e. The van der Waals surface area contributed by atoms with Crippen molar-refractivity contribution in [3.8, 4) is 0 Å². The van der Waals surface area contributed by atoms with Crippen molar-refractivity contribution in [2.24, 2.45) is 0 Å². The van der Waals surface area contributed by atoms with Gasteiger partial charge in [-0.3, -0.25) is 9.59 Å². The Kier molecular flexibility index (Phi) is 6.97. The van der Waals surface area contributed by atoms with E-state index in [-0.39, 0.29) is 32.5 Å². The van der Waals surface area contributed by atoms with Crippen LogP contribution in [-0.2, 0) is 19.1 Å². The smallest absolute Gasteiger partial charge is 0.340 e. The molecule has 10 heteroatoms. The lowest BCUT2D eigenvalue weighted by Gasteiger charge is -2.12. The number of hydrogen-bond donors (Lipinski definition) is 2. The highest BCUT2D eigenvalue weighted by Crippen LogP contribution is 2.23. The number of anilines is 2. The lowest BCUT2D eigenvalue weighted by Crippen LogP contribution is -2.30. The Balaban J connectivity index is 2.24. The number of rotatable bonds is 4. The number of benzene rings is 2. The number of hydrogen-bond acceptors (Lipinski definition) is 6. The lowest BCUT2D eigenvalue weighted by molar-refractivity contribution is -0.133. The van der Waals surface area contributed by atoms with E-state index in [4.69, 9.17) is 23.2 Å². The molecule has 2 rings (SSSR count). The molecule has 28 heavy (non-hydrogen) atoms. The van der Waals surface area contributed by atoms with E-state index in [1.54, 1.807) is 0 Å². The summed E-state index contributed by atoms with van der Waals surface area (Å²) in [5.41, 5.74) is -0.0107. The van der Waals surface area contributed by atoms with Gasteiger partial charge in [0, 0.05) is 10.0 Å². The van der Waals surface area contributed by atoms with Gasteiger partial charge in [-0.15, -0.1) is 0 Å². The van der Waals surface area contributed by atoms with Crippen LogP contribution in [-0.4, -0.2) is 38.0 Å². The van der Waals surface area contributed by atoms with Gasteiger partial charge in [0.1, 0.15) is 0 Å². The van der Waals surface area contributed by atoms with Crippen LogP contribution in [0, 0.1) is 0 Å². The van der Waals surface area contributed by atoms with Crippen LogP contribution in [0.25, 0.3) is 0 Å². The molecule has 2 N–H and O–H groups in total. The van der Waals surface area contributed by atoms with Gasteiger partial charge in [0.2, 0.25) is 0 Å². The van der Waals surface area contributed by atoms with Gasteiger partial charge in [-0.2, -0.15) is 0 Å². The number of carbonyl (C=O) groups excluding carboxylic acids is 4. The van der Waals surface area contributed by atoms with Crippen molar-refractivity contribution in [2.75, 3.05) is 24.9 Å². The van der Waals surface area contributed by atoms with Gasteiger partial charge in [0.05, 0.1) is 36.7 Å². The van der Waals surface area contributed by atoms with Crippen LogP contribution in [0.5, 0.6) is 0 Å². The molecule has 0 aliphatic carbocycles. The molecule has 0 radical (unpaired) electrons. The summed E-state index contributed by atoms with van der Waals surface area (Å²) in [7, 11) is 2.33.